The third kappa shape index (κ3) is 2.82. The van der Waals surface area contributed by atoms with Gasteiger partial charge in [0.2, 0.25) is 0 Å². The molecule has 2 aromatic heterocycles. The third-order valence-electron chi connectivity index (χ3n) is 4.43. The highest BCUT2D eigenvalue weighted by Gasteiger charge is 2.21. The number of hydrogen-bond donors (Lipinski definition) is 3. The Bertz CT molecular complexity index is 961. The zero-order valence-electron chi connectivity index (χ0n) is 13.5. The van der Waals surface area contributed by atoms with Gasteiger partial charge in [0.25, 0.3) is 5.56 Å². The van der Waals surface area contributed by atoms with Crippen LogP contribution in [-0.4, -0.2) is 46.5 Å². The summed E-state index contributed by atoms with van der Waals surface area (Å²) in [6, 6.07) is 8.53. The van der Waals surface area contributed by atoms with Gasteiger partial charge in [0, 0.05) is 31.6 Å². The van der Waals surface area contributed by atoms with Crippen molar-refractivity contribution in [2.24, 2.45) is 0 Å². The first-order chi connectivity index (χ1) is 12.1. The van der Waals surface area contributed by atoms with Crippen molar-refractivity contribution in [3.05, 3.63) is 46.9 Å². The summed E-state index contributed by atoms with van der Waals surface area (Å²) in [5, 5.41) is 17.5. The van der Waals surface area contributed by atoms with E-state index in [1.54, 1.807) is 18.3 Å². The van der Waals surface area contributed by atoms with Gasteiger partial charge < -0.3 is 20.6 Å². The number of H-pyrrole nitrogens is 1. The molecule has 8 heteroatoms. The molecule has 25 heavy (non-hydrogen) atoms. The van der Waals surface area contributed by atoms with Crippen LogP contribution in [0.2, 0.25) is 0 Å². The highest BCUT2D eigenvalue weighted by atomic mass is 16.3. The Kier molecular flexibility index (Phi) is 3.64. The topological polar surface area (TPSA) is 111 Å². The van der Waals surface area contributed by atoms with Crippen molar-refractivity contribution in [2.75, 3.05) is 41.7 Å². The number of nitrogen functional groups attached to an aromatic ring is 1. The van der Waals surface area contributed by atoms with Crippen LogP contribution < -0.4 is 21.1 Å². The van der Waals surface area contributed by atoms with Gasteiger partial charge in [-0.25, -0.2) is 10.1 Å². The second-order valence-corrected chi connectivity index (χ2v) is 6.03. The first kappa shape index (κ1) is 15.3. The molecule has 0 amide bonds. The standard InChI is InChI=1S/C17H18N6O2/c18-11-1-4-15(19-10-11)22-5-7-23(8-6-22)16-13-3-2-12(24)9-14(13)17(25)21-20-16/h1-4,9-10,24H,5-8,18H2,(H,21,25). The van der Waals surface area contributed by atoms with Crippen LogP contribution in [-0.2, 0) is 0 Å². The summed E-state index contributed by atoms with van der Waals surface area (Å²) in [5.41, 5.74) is 6.03. The average molecular weight is 338 g/mol. The number of aromatic amines is 1. The van der Waals surface area contributed by atoms with E-state index in [-0.39, 0.29) is 11.3 Å². The van der Waals surface area contributed by atoms with E-state index in [4.69, 9.17) is 5.73 Å². The van der Waals surface area contributed by atoms with E-state index in [0.29, 0.717) is 11.1 Å². The first-order valence-corrected chi connectivity index (χ1v) is 8.04. The first-order valence-electron chi connectivity index (χ1n) is 8.04. The lowest BCUT2D eigenvalue weighted by Gasteiger charge is -2.36. The highest BCUT2D eigenvalue weighted by Crippen LogP contribution is 2.26. The molecule has 0 atom stereocenters. The monoisotopic (exact) mass is 338 g/mol. The molecular weight excluding hydrogens is 320 g/mol. The third-order valence-corrected chi connectivity index (χ3v) is 4.43. The fourth-order valence-corrected chi connectivity index (χ4v) is 3.11. The Morgan fingerprint density at radius 2 is 1.80 bits per heavy atom. The van der Waals surface area contributed by atoms with Gasteiger partial charge in [-0.15, -0.1) is 0 Å². The normalized spacial score (nSPS) is 14.9. The molecular formula is C17H18N6O2. The molecule has 0 spiro atoms. The summed E-state index contributed by atoms with van der Waals surface area (Å²) in [5.74, 6) is 1.69. The lowest BCUT2D eigenvalue weighted by Crippen LogP contribution is -2.47. The molecule has 4 rings (SSSR count). The maximum atomic E-state index is 12.0. The minimum absolute atomic E-state index is 0.0643. The molecule has 4 N–H and O–H groups in total. The predicted octanol–water partition coefficient (Wildman–Crippen LogP) is 0.932. The Balaban J connectivity index is 1.59. The van der Waals surface area contributed by atoms with Crippen LogP contribution in [0.5, 0.6) is 5.75 Å². The number of phenolic OH excluding ortho intramolecular Hbond substituents is 1. The molecule has 1 saturated heterocycles. The van der Waals surface area contributed by atoms with E-state index in [9.17, 15) is 9.90 Å². The summed E-state index contributed by atoms with van der Waals surface area (Å²) in [6.07, 6.45) is 1.66. The zero-order chi connectivity index (χ0) is 17.4. The fourth-order valence-electron chi connectivity index (χ4n) is 3.11. The highest BCUT2D eigenvalue weighted by molar-refractivity contribution is 5.92. The van der Waals surface area contributed by atoms with Gasteiger partial charge in [0.1, 0.15) is 11.6 Å². The molecule has 1 aliphatic rings. The van der Waals surface area contributed by atoms with Crippen LogP contribution >= 0.6 is 0 Å². The molecule has 0 bridgehead atoms. The van der Waals surface area contributed by atoms with Crippen LogP contribution in [0.3, 0.4) is 0 Å². The lowest BCUT2D eigenvalue weighted by atomic mass is 10.1. The van der Waals surface area contributed by atoms with Crippen molar-refractivity contribution in [2.45, 2.75) is 0 Å². The van der Waals surface area contributed by atoms with Gasteiger partial charge in [-0.2, -0.15) is 5.10 Å². The van der Waals surface area contributed by atoms with E-state index < -0.39 is 0 Å². The van der Waals surface area contributed by atoms with Crippen molar-refractivity contribution in [1.82, 2.24) is 15.2 Å². The molecule has 0 aliphatic carbocycles. The number of aromatic nitrogens is 3. The number of fused-ring (bicyclic) bond motifs is 1. The van der Waals surface area contributed by atoms with Gasteiger partial charge >= 0.3 is 0 Å². The van der Waals surface area contributed by atoms with Gasteiger partial charge in [-0.3, -0.25) is 4.79 Å². The molecule has 1 aliphatic heterocycles. The van der Waals surface area contributed by atoms with Gasteiger partial charge in [-0.1, -0.05) is 0 Å². The molecule has 0 radical (unpaired) electrons. The molecule has 1 fully saturated rings. The number of piperazine rings is 1. The smallest absolute Gasteiger partial charge is 0.272 e. The quantitative estimate of drug-likeness (QED) is 0.637. The zero-order valence-corrected chi connectivity index (χ0v) is 13.5. The summed E-state index contributed by atoms with van der Waals surface area (Å²) in [4.78, 5) is 20.6. The molecule has 0 unspecified atom stereocenters. The molecule has 0 saturated carbocycles. The van der Waals surface area contributed by atoms with E-state index in [0.717, 1.165) is 43.2 Å². The molecule has 3 aromatic rings. The number of rotatable bonds is 2. The number of benzene rings is 1. The van der Waals surface area contributed by atoms with Crippen LogP contribution in [0.1, 0.15) is 0 Å². The minimum Gasteiger partial charge on any atom is -0.508 e. The Hall–Kier alpha value is -3.29. The largest absolute Gasteiger partial charge is 0.508 e. The van der Waals surface area contributed by atoms with Crippen LogP contribution in [0.4, 0.5) is 17.3 Å². The predicted molar refractivity (Wildman–Crippen MR) is 97.1 cm³/mol. The second-order valence-electron chi connectivity index (χ2n) is 6.03. The summed E-state index contributed by atoms with van der Waals surface area (Å²) >= 11 is 0. The number of aromatic hydroxyl groups is 1. The number of nitrogens with zero attached hydrogens (tertiary/aromatic N) is 4. The summed E-state index contributed by atoms with van der Waals surface area (Å²) < 4.78 is 0. The van der Waals surface area contributed by atoms with Crippen LogP contribution in [0.15, 0.2) is 41.3 Å². The number of pyridine rings is 1. The molecule has 3 heterocycles. The minimum atomic E-state index is -0.306. The van der Waals surface area contributed by atoms with Gasteiger partial charge in [0.05, 0.1) is 17.3 Å². The number of nitrogens with two attached hydrogens (primary N) is 1. The maximum Gasteiger partial charge on any atom is 0.272 e. The molecule has 128 valence electrons. The fraction of sp³-hybridized carbons (Fsp3) is 0.235. The van der Waals surface area contributed by atoms with Crippen molar-refractivity contribution in [1.29, 1.82) is 0 Å². The Morgan fingerprint density at radius 3 is 2.52 bits per heavy atom. The van der Waals surface area contributed by atoms with E-state index in [1.807, 2.05) is 12.1 Å². The number of anilines is 3. The average Bonchev–Trinajstić information content (AvgIpc) is 2.63. The van der Waals surface area contributed by atoms with Crippen molar-refractivity contribution in [3.8, 4) is 5.75 Å². The van der Waals surface area contributed by atoms with E-state index in [2.05, 4.69) is 25.0 Å². The number of nitrogens with one attached hydrogen (secondary N) is 1. The van der Waals surface area contributed by atoms with Crippen LogP contribution in [0, 0.1) is 0 Å². The Labute approximate surface area is 143 Å². The lowest BCUT2D eigenvalue weighted by molar-refractivity contribution is 0.476. The second kappa shape index (κ2) is 5.97. The van der Waals surface area contributed by atoms with E-state index >= 15 is 0 Å². The summed E-state index contributed by atoms with van der Waals surface area (Å²) in [7, 11) is 0. The SMILES string of the molecule is Nc1ccc(N2CCN(c3n[nH]c(=O)c4cc(O)ccc34)CC2)nc1. The summed E-state index contributed by atoms with van der Waals surface area (Å²) in [6.45, 7) is 3.08. The van der Waals surface area contributed by atoms with Crippen molar-refractivity contribution < 1.29 is 5.11 Å². The maximum absolute atomic E-state index is 12.0. The van der Waals surface area contributed by atoms with Gasteiger partial charge in [0.15, 0.2) is 5.82 Å². The van der Waals surface area contributed by atoms with Gasteiger partial charge in [-0.05, 0) is 30.3 Å². The van der Waals surface area contributed by atoms with Crippen molar-refractivity contribution >= 4 is 28.1 Å². The van der Waals surface area contributed by atoms with E-state index in [1.165, 1.54) is 6.07 Å². The van der Waals surface area contributed by atoms with Crippen LogP contribution in [0.25, 0.3) is 10.8 Å². The van der Waals surface area contributed by atoms with Crippen molar-refractivity contribution in [3.63, 3.8) is 0 Å². The number of phenols is 1. The Morgan fingerprint density at radius 1 is 1.04 bits per heavy atom. The number of hydrogen-bond acceptors (Lipinski definition) is 7. The molecule has 8 nitrogen and oxygen atoms in total. The molecule has 1 aromatic carbocycles.